The summed E-state index contributed by atoms with van der Waals surface area (Å²) in [5.41, 5.74) is 4.58. The highest BCUT2D eigenvalue weighted by atomic mass is 16.4. The molecule has 0 bridgehead atoms. The fraction of sp³-hybridized carbons (Fsp3) is 0. The Balaban J connectivity index is 2.13. The van der Waals surface area contributed by atoms with Gasteiger partial charge in [-0.25, -0.2) is 9.59 Å². The number of aromatic carboxylic acids is 1. The predicted molar refractivity (Wildman–Crippen MR) is 91.9 cm³/mol. The Bertz CT molecular complexity index is 1140. The summed E-state index contributed by atoms with van der Waals surface area (Å²) in [5, 5.41) is 10.8. The van der Waals surface area contributed by atoms with Gasteiger partial charge in [0.05, 0.1) is 10.8 Å². The molecule has 3 aromatic carbocycles. The van der Waals surface area contributed by atoms with Crippen molar-refractivity contribution < 1.29 is 14.7 Å². The lowest BCUT2D eigenvalue weighted by Gasteiger charge is -2.08. The van der Waals surface area contributed by atoms with Crippen LogP contribution in [0.25, 0.3) is 28.3 Å². The van der Waals surface area contributed by atoms with E-state index in [2.05, 4.69) is 0 Å². The second-order valence-corrected chi connectivity index (χ2v) is 5.67. The van der Waals surface area contributed by atoms with E-state index in [1.54, 1.807) is 36.4 Å². The molecule has 0 radical (unpaired) electrons. The van der Waals surface area contributed by atoms with Gasteiger partial charge in [0, 0.05) is 0 Å². The molecule has 0 heterocycles. The average molecular weight is 312 g/mol. The first-order valence-electron chi connectivity index (χ1n) is 7.52. The summed E-state index contributed by atoms with van der Waals surface area (Å²) in [6.07, 6.45) is 2.03. The molecule has 3 nitrogen and oxygen atoms in total. The van der Waals surface area contributed by atoms with Crippen molar-refractivity contribution in [3.63, 3.8) is 0 Å². The zero-order valence-electron chi connectivity index (χ0n) is 12.6. The van der Waals surface area contributed by atoms with Gasteiger partial charge in [0.2, 0.25) is 0 Å². The molecule has 0 aliphatic heterocycles. The first-order chi connectivity index (χ1) is 11.7. The van der Waals surface area contributed by atoms with E-state index in [0.717, 1.165) is 27.5 Å². The van der Waals surface area contributed by atoms with E-state index in [0.29, 0.717) is 10.8 Å². The Morgan fingerprint density at radius 3 is 2.17 bits per heavy atom. The molecule has 114 valence electrons. The first-order valence-corrected chi connectivity index (χ1v) is 7.52. The van der Waals surface area contributed by atoms with Gasteiger partial charge in [0.25, 0.3) is 0 Å². The van der Waals surface area contributed by atoms with Crippen LogP contribution in [0.4, 0.5) is 0 Å². The van der Waals surface area contributed by atoms with Gasteiger partial charge in [0.1, 0.15) is 5.94 Å². The molecule has 1 aliphatic carbocycles. The molecule has 1 aliphatic rings. The summed E-state index contributed by atoms with van der Waals surface area (Å²) in [6.45, 7) is 0. The number of benzene rings is 3. The van der Waals surface area contributed by atoms with Gasteiger partial charge in [-0.15, -0.1) is 0 Å². The van der Waals surface area contributed by atoms with Gasteiger partial charge in [-0.3, -0.25) is 0 Å². The maximum Gasteiger partial charge on any atom is 0.336 e. The number of carbonyl (C=O) groups is 1. The molecule has 0 unspecified atom stereocenters. The molecule has 0 aromatic heterocycles. The third-order valence-corrected chi connectivity index (χ3v) is 4.30. The minimum Gasteiger partial charge on any atom is -0.478 e. The van der Waals surface area contributed by atoms with Crippen LogP contribution in [0, 0.1) is 0 Å². The van der Waals surface area contributed by atoms with Gasteiger partial charge in [-0.05, 0) is 57.3 Å². The van der Waals surface area contributed by atoms with Crippen LogP contribution in [0.1, 0.15) is 15.9 Å². The Morgan fingerprint density at radius 1 is 0.833 bits per heavy atom. The van der Waals surface area contributed by atoms with E-state index in [9.17, 15) is 14.7 Å². The molecular weight excluding hydrogens is 300 g/mol. The van der Waals surface area contributed by atoms with Crippen LogP contribution in [0.3, 0.4) is 0 Å². The highest BCUT2D eigenvalue weighted by Gasteiger charge is 2.18. The highest BCUT2D eigenvalue weighted by Crippen LogP contribution is 2.29. The Kier molecular flexibility index (Phi) is 3.16. The lowest BCUT2D eigenvalue weighted by Crippen LogP contribution is -2.16. The quantitative estimate of drug-likeness (QED) is 0.618. The summed E-state index contributed by atoms with van der Waals surface area (Å²) in [4.78, 5) is 22.8. The molecule has 0 amide bonds. The number of carboxylic acid groups (broad SMARTS) is 1. The molecular formula is C21H12O3. The Labute approximate surface area is 137 Å². The van der Waals surface area contributed by atoms with E-state index < -0.39 is 5.97 Å². The van der Waals surface area contributed by atoms with Crippen LogP contribution < -0.4 is 10.4 Å². The van der Waals surface area contributed by atoms with Crippen LogP contribution in [0.2, 0.25) is 0 Å². The number of carboxylic acids is 1. The zero-order chi connectivity index (χ0) is 16.7. The highest BCUT2D eigenvalue weighted by molar-refractivity contribution is 5.98. The van der Waals surface area contributed by atoms with Crippen LogP contribution in [-0.4, -0.2) is 17.0 Å². The lowest BCUT2D eigenvalue weighted by atomic mass is 9.94. The number of fused-ring (bicyclic) bond motifs is 3. The van der Waals surface area contributed by atoms with Gasteiger partial charge < -0.3 is 5.11 Å². The molecule has 24 heavy (non-hydrogen) atoms. The van der Waals surface area contributed by atoms with Crippen molar-refractivity contribution in [2.45, 2.75) is 0 Å². The van der Waals surface area contributed by atoms with E-state index in [4.69, 9.17) is 0 Å². The van der Waals surface area contributed by atoms with E-state index in [1.165, 1.54) is 0 Å². The minimum atomic E-state index is -0.990. The third kappa shape index (κ3) is 2.08. The number of carbonyl (C=O) groups excluding carboxylic acids is 1. The fourth-order valence-electron chi connectivity index (χ4n) is 3.24. The number of hydrogen-bond acceptors (Lipinski definition) is 2. The maximum absolute atomic E-state index is 11.6. The monoisotopic (exact) mass is 312 g/mol. The lowest BCUT2D eigenvalue weighted by molar-refractivity contribution is 0.0697. The van der Waals surface area contributed by atoms with Crippen LogP contribution >= 0.6 is 0 Å². The van der Waals surface area contributed by atoms with Gasteiger partial charge in [-0.2, -0.15) is 0 Å². The number of rotatable bonds is 2. The second-order valence-electron chi connectivity index (χ2n) is 5.67. The molecule has 3 aromatic rings. The van der Waals surface area contributed by atoms with Gasteiger partial charge >= 0.3 is 5.97 Å². The van der Waals surface area contributed by atoms with Crippen LogP contribution in [-0.2, 0) is 4.79 Å². The van der Waals surface area contributed by atoms with Crippen molar-refractivity contribution >= 4 is 18.0 Å². The summed E-state index contributed by atoms with van der Waals surface area (Å²) < 4.78 is 0. The van der Waals surface area contributed by atoms with E-state index >= 15 is 0 Å². The van der Waals surface area contributed by atoms with Crippen molar-refractivity contribution in [2.24, 2.45) is 0 Å². The largest absolute Gasteiger partial charge is 0.478 e. The van der Waals surface area contributed by atoms with Crippen LogP contribution in [0.15, 0.2) is 60.7 Å². The van der Waals surface area contributed by atoms with Crippen molar-refractivity contribution in [2.75, 3.05) is 0 Å². The van der Waals surface area contributed by atoms with Crippen molar-refractivity contribution in [3.8, 4) is 22.3 Å². The SMILES string of the molecule is O=C=c1cc2c(c(-c3ccccc3C(=O)O)c1)=Cc1ccccc1-2. The number of hydrogen-bond donors (Lipinski definition) is 1. The molecule has 1 N–H and O–H groups in total. The summed E-state index contributed by atoms with van der Waals surface area (Å²) in [5.74, 6) is 0.945. The third-order valence-electron chi connectivity index (χ3n) is 4.30. The van der Waals surface area contributed by atoms with E-state index in [1.807, 2.05) is 36.3 Å². The first kappa shape index (κ1) is 14.2. The summed E-state index contributed by atoms with van der Waals surface area (Å²) in [7, 11) is 0. The predicted octanol–water partition coefficient (Wildman–Crippen LogP) is 2.36. The van der Waals surface area contributed by atoms with Crippen molar-refractivity contribution in [1.29, 1.82) is 0 Å². The zero-order valence-corrected chi connectivity index (χ0v) is 12.6. The maximum atomic E-state index is 11.6. The summed E-state index contributed by atoms with van der Waals surface area (Å²) in [6, 6.07) is 18.3. The molecule has 4 rings (SSSR count). The molecule has 3 heteroatoms. The standard InChI is InChI=1S/C21H12O3/c22-12-13-9-18-15-6-2-1-5-14(15)11-20(18)19(10-13)16-7-3-4-8-17(16)21(23)24/h1-11H,(H,23,24). The van der Waals surface area contributed by atoms with E-state index in [-0.39, 0.29) is 5.56 Å². The van der Waals surface area contributed by atoms with Gasteiger partial charge in [-0.1, -0.05) is 42.5 Å². The fourth-order valence-corrected chi connectivity index (χ4v) is 3.24. The molecule has 0 spiro atoms. The van der Waals surface area contributed by atoms with Crippen molar-refractivity contribution in [3.05, 3.63) is 82.2 Å². The molecule has 0 saturated carbocycles. The molecule has 0 atom stereocenters. The van der Waals surface area contributed by atoms with Gasteiger partial charge in [0.15, 0.2) is 0 Å². The molecule has 0 fully saturated rings. The Morgan fingerprint density at radius 2 is 1.46 bits per heavy atom. The van der Waals surface area contributed by atoms with Crippen molar-refractivity contribution in [1.82, 2.24) is 0 Å². The van der Waals surface area contributed by atoms with Crippen LogP contribution in [0.5, 0.6) is 0 Å². The summed E-state index contributed by atoms with van der Waals surface area (Å²) >= 11 is 0. The minimum absolute atomic E-state index is 0.215. The average Bonchev–Trinajstić information content (AvgIpc) is 2.99. The smallest absolute Gasteiger partial charge is 0.336 e. The Hall–Kier alpha value is -3.42. The molecule has 0 saturated heterocycles. The second kappa shape index (κ2) is 5.34. The normalized spacial score (nSPS) is 11.2. The topological polar surface area (TPSA) is 54.4 Å².